The number of rotatable bonds is 16. The van der Waals surface area contributed by atoms with Crippen molar-refractivity contribution < 1.29 is 24.2 Å². The Morgan fingerprint density at radius 1 is 0.815 bits per heavy atom. The summed E-state index contributed by atoms with van der Waals surface area (Å²) in [5.74, 6) is -2.45. The van der Waals surface area contributed by atoms with Gasteiger partial charge in [-0.25, -0.2) is 4.79 Å². The molecule has 0 aliphatic rings. The zero-order valence-corrected chi connectivity index (χ0v) is 15.6. The molecule has 150 valence electrons. The first-order valence-electron chi connectivity index (χ1n) is 9.69. The third-order valence-electron chi connectivity index (χ3n) is 4.17. The van der Waals surface area contributed by atoms with Crippen LogP contribution in [0.25, 0.3) is 0 Å². The predicted octanol–water partition coefficient (Wildman–Crippen LogP) is 2.65. The molecule has 27 heavy (non-hydrogen) atoms. The summed E-state index contributed by atoms with van der Waals surface area (Å²) in [7, 11) is 0. The molecule has 3 N–H and O–H groups in total. The number of hydrogen-bond acceptors (Lipinski definition) is 5. The van der Waals surface area contributed by atoms with E-state index in [1.54, 1.807) is 0 Å². The average Bonchev–Trinajstić information content (AvgIpc) is 2.57. The zero-order valence-electron chi connectivity index (χ0n) is 15.6. The quantitative estimate of drug-likeness (QED) is 0.177. The van der Waals surface area contributed by atoms with Crippen molar-refractivity contribution in [2.45, 2.75) is 103 Å². The molecule has 1 unspecified atom stereocenters. The van der Waals surface area contributed by atoms with Gasteiger partial charge in [0.2, 0.25) is 0 Å². The van der Waals surface area contributed by atoms with E-state index >= 15 is 0 Å². The third kappa shape index (κ3) is 22.7. The van der Waals surface area contributed by atoms with Crippen LogP contribution < -0.4 is 5.73 Å². The molecular weight excluding hydrogens is 368 g/mol. The first-order valence-corrected chi connectivity index (χ1v) is 9.69. The van der Waals surface area contributed by atoms with Gasteiger partial charge in [0.15, 0.2) is 0 Å². The first-order chi connectivity index (χ1) is 12.0. The summed E-state index contributed by atoms with van der Waals surface area (Å²) in [5.41, 5.74) is 5.48. The fraction of sp³-hybridized carbons (Fsp3) is 0.842. The number of carboxylic acids is 1. The topological polar surface area (TPSA) is 107 Å². The Kier molecular flexibility index (Phi) is 27.3. The van der Waals surface area contributed by atoms with E-state index in [4.69, 9.17) is 10.8 Å². The van der Waals surface area contributed by atoms with Crippen LogP contribution in [0.1, 0.15) is 96.8 Å². The first kappa shape index (κ1) is 32.2. The van der Waals surface area contributed by atoms with Crippen LogP contribution in [0.4, 0.5) is 0 Å². The fourth-order valence-corrected chi connectivity index (χ4v) is 2.57. The van der Waals surface area contributed by atoms with Crippen molar-refractivity contribution in [2.24, 2.45) is 5.73 Å². The van der Waals surface area contributed by atoms with Gasteiger partial charge in [0.25, 0.3) is 0 Å². The molecule has 0 bridgehead atoms. The standard InChI is InChI=1S/C19H35NO5.2Na.2H/c1-2-3-4-5-6-7-8-9-10-11-12-13-18(23)25-19(24)16(20)14-15-17(21)22;;;;/h16H,2-15,20H2,1H3,(H,21,22);;;;. The van der Waals surface area contributed by atoms with Gasteiger partial charge in [-0.15, -0.1) is 0 Å². The van der Waals surface area contributed by atoms with Gasteiger partial charge in [0.05, 0.1) is 0 Å². The van der Waals surface area contributed by atoms with E-state index in [0.29, 0.717) is 6.42 Å². The number of hydrogen-bond donors (Lipinski definition) is 2. The summed E-state index contributed by atoms with van der Waals surface area (Å²) in [6.45, 7) is 2.22. The van der Waals surface area contributed by atoms with Gasteiger partial charge < -0.3 is 15.6 Å². The van der Waals surface area contributed by atoms with Crippen LogP contribution >= 0.6 is 0 Å². The van der Waals surface area contributed by atoms with Gasteiger partial charge in [0, 0.05) is 12.8 Å². The molecule has 0 amide bonds. The Morgan fingerprint density at radius 2 is 1.26 bits per heavy atom. The average molecular weight is 405 g/mol. The number of aliphatic carboxylic acids is 1. The molecule has 0 aliphatic heterocycles. The van der Waals surface area contributed by atoms with Crippen molar-refractivity contribution in [2.75, 3.05) is 0 Å². The van der Waals surface area contributed by atoms with Crippen LogP contribution in [0, 0.1) is 0 Å². The summed E-state index contributed by atoms with van der Waals surface area (Å²) in [6, 6.07) is -1.06. The van der Waals surface area contributed by atoms with E-state index in [0.717, 1.165) is 12.8 Å². The van der Waals surface area contributed by atoms with Crippen LogP contribution in [0.3, 0.4) is 0 Å². The maximum atomic E-state index is 11.5. The van der Waals surface area contributed by atoms with Gasteiger partial charge in [-0.2, -0.15) is 0 Å². The monoisotopic (exact) mass is 405 g/mol. The van der Waals surface area contributed by atoms with Crippen molar-refractivity contribution >= 4 is 77.0 Å². The van der Waals surface area contributed by atoms with E-state index in [2.05, 4.69) is 11.7 Å². The van der Waals surface area contributed by atoms with Gasteiger partial charge in [-0.1, -0.05) is 71.1 Å². The van der Waals surface area contributed by atoms with Crippen LogP contribution in [0.5, 0.6) is 0 Å². The Hall–Kier alpha value is 0.570. The Morgan fingerprint density at radius 3 is 1.70 bits per heavy atom. The number of carboxylic acid groups (broad SMARTS) is 1. The minimum atomic E-state index is -1.06. The van der Waals surface area contributed by atoms with Crippen molar-refractivity contribution in [3.8, 4) is 0 Å². The van der Waals surface area contributed by atoms with Crippen LogP contribution in [-0.2, 0) is 19.1 Å². The second-order valence-electron chi connectivity index (χ2n) is 6.62. The third-order valence-corrected chi connectivity index (χ3v) is 4.17. The van der Waals surface area contributed by atoms with Crippen molar-refractivity contribution in [1.82, 2.24) is 0 Å². The van der Waals surface area contributed by atoms with Gasteiger partial charge in [0.1, 0.15) is 6.04 Å². The van der Waals surface area contributed by atoms with E-state index in [1.165, 1.54) is 51.4 Å². The summed E-state index contributed by atoms with van der Waals surface area (Å²) in [6.07, 6.45) is 13.0. The van der Waals surface area contributed by atoms with Crippen molar-refractivity contribution in [3.05, 3.63) is 0 Å². The van der Waals surface area contributed by atoms with Gasteiger partial charge in [-0.3, -0.25) is 9.59 Å². The van der Waals surface area contributed by atoms with Gasteiger partial charge >= 0.3 is 77.0 Å². The summed E-state index contributed by atoms with van der Waals surface area (Å²) in [5, 5.41) is 8.52. The molecule has 0 aromatic heterocycles. The fourth-order valence-electron chi connectivity index (χ4n) is 2.57. The Balaban J connectivity index is -0.00000288. The van der Waals surface area contributed by atoms with E-state index in [-0.39, 0.29) is 78.4 Å². The number of carbonyl (C=O) groups is 3. The van der Waals surface area contributed by atoms with E-state index in [9.17, 15) is 14.4 Å². The summed E-state index contributed by atoms with van der Waals surface area (Å²) in [4.78, 5) is 33.4. The summed E-state index contributed by atoms with van der Waals surface area (Å²) < 4.78 is 4.64. The second kappa shape index (κ2) is 22.9. The number of esters is 2. The van der Waals surface area contributed by atoms with Crippen LogP contribution in [-0.4, -0.2) is 88.2 Å². The SMILES string of the molecule is CCCCCCCCCCCCCC(=O)OC(=O)C(N)CCC(=O)O.[NaH].[NaH]. The molecule has 1 atom stereocenters. The molecule has 6 nitrogen and oxygen atoms in total. The number of carbonyl (C=O) groups excluding carboxylic acids is 2. The van der Waals surface area contributed by atoms with E-state index in [1.807, 2.05) is 0 Å². The number of nitrogens with two attached hydrogens (primary N) is 1. The molecule has 0 aromatic carbocycles. The Labute approximate surface area is 208 Å². The molecule has 0 radical (unpaired) electrons. The Bertz CT molecular complexity index is 394. The molecule has 8 heteroatoms. The number of ether oxygens (including phenoxy) is 1. The van der Waals surface area contributed by atoms with Crippen LogP contribution in [0.2, 0.25) is 0 Å². The number of unbranched alkanes of at least 4 members (excludes halogenated alkanes) is 10. The molecule has 0 fully saturated rings. The minimum absolute atomic E-state index is 0. The zero-order chi connectivity index (χ0) is 18.9. The molecule has 0 heterocycles. The predicted molar refractivity (Wildman–Crippen MR) is 111 cm³/mol. The van der Waals surface area contributed by atoms with E-state index < -0.39 is 23.9 Å². The molecule has 0 saturated carbocycles. The normalized spacial score (nSPS) is 11.0. The molecule has 0 saturated heterocycles. The second-order valence-corrected chi connectivity index (χ2v) is 6.62. The van der Waals surface area contributed by atoms with Crippen LogP contribution in [0.15, 0.2) is 0 Å². The maximum absolute atomic E-state index is 11.5. The molecule has 0 aromatic rings. The molecule has 0 rings (SSSR count). The molecular formula is C19H37NNa2O5. The molecule has 0 spiro atoms. The van der Waals surface area contributed by atoms with Gasteiger partial charge in [-0.05, 0) is 12.8 Å². The molecule has 0 aliphatic carbocycles. The van der Waals surface area contributed by atoms with Crippen molar-refractivity contribution in [1.29, 1.82) is 0 Å². The van der Waals surface area contributed by atoms with Crippen molar-refractivity contribution in [3.63, 3.8) is 0 Å². The summed E-state index contributed by atoms with van der Waals surface area (Å²) >= 11 is 0.